The van der Waals surface area contributed by atoms with Crippen LogP contribution in [0.3, 0.4) is 0 Å². The van der Waals surface area contributed by atoms with Gasteiger partial charge in [0.1, 0.15) is 5.76 Å². The number of rotatable bonds is 6. The molecule has 0 saturated carbocycles. The average Bonchev–Trinajstić information content (AvgIpc) is 2.64. The fraction of sp³-hybridized carbons (Fsp3) is 0.500. The first kappa shape index (κ1) is 12.0. The lowest BCUT2D eigenvalue weighted by Gasteiger charge is -2.18. The van der Waals surface area contributed by atoms with Crippen molar-refractivity contribution in [3.8, 4) is 0 Å². The molecule has 0 bridgehead atoms. The summed E-state index contributed by atoms with van der Waals surface area (Å²) in [7, 11) is 0. The minimum atomic E-state index is 0.538. The Morgan fingerprint density at radius 3 is 2.80 bits per heavy atom. The molecule has 1 heterocycles. The summed E-state index contributed by atoms with van der Waals surface area (Å²) in [5.41, 5.74) is 7.74. The number of nitrogens with two attached hydrogens (primary N) is 1. The number of likely N-dealkylation sites (N-methyl/N-ethyl adjacent to an activating group) is 1. The molecule has 0 aromatic carbocycles. The molecule has 15 heavy (non-hydrogen) atoms. The molecule has 1 aromatic rings. The maximum Gasteiger partial charge on any atom is 0.118 e. The minimum Gasteiger partial charge on any atom is -0.468 e. The van der Waals surface area contributed by atoms with Crippen LogP contribution in [-0.2, 0) is 13.1 Å². The highest BCUT2D eigenvalue weighted by molar-refractivity contribution is 5.12. The Morgan fingerprint density at radius 1 is 1.60 bits per heavy atom. The van der Waals surface area contributed by atoms with Crippen molar-refractivity contribution in [1.29, 1.82) is 0 Å². The van der Waals surface area contributed by atoms with Gasteiger partial charge in [0.25, 0.3) is 0 Å². The minimum absolute atomic E-state index is 0.538. The van der Waals surface area contributed by atoms with E-state index >= 15 is 0 Å². The molecule has 0 aliphatic rings. The van der Waals surface area contributed by atoms with E-state index in [9.17, 15) is 0 Å². The van der Waals surface area contributed by atoms with Gasteiger partial charge in [-0.2, -0.15) is 0 Å². The normalized spacial score (nSPS) is 10.9. The number of hydrogen-bond donors (Lipinski definition) is 1. The fourth-order valence-electron chi connectivity index (χ4n) is 1.50. The van der Waals surface area contributed by atoms with E-state index in [2.05, 4.69) is 18.4 Å². The van der Waals surface area contributed by atoms with Crippen molar-refractivity contribution in [3.05, 3.63) is 35.8 Å². The van der Waals surface area contributed by atoms with E-state index in [0.717, 1.165) is 31.0 Å². The molecule has 0 fully saturated rings. The number of hydrogen-bond acceptors (Lipinski definition) is 3. The van der Waals surface area contributed by atoms with Crippen molar-refractivity contribution in [2.24, 2.45) is 5.73 Å². The Hall–Kier alpha value is -1.06. The lowest BCUT2D eigenvalue weighted by Crippen LogP contribution is -2.24. The van der Waals surface area contributed by atoms with Crippen LogP contribution in [0.5, 0.6) is 0 Å². The van der Waals surface area contributed by atoms with Gasteiger partial charge in [0.15, 0.2) is 0 Å². The smallest absolute Gasteiger partial charge is 0.118 e. The predicted molar refractivity (Wildman–Crippen MR) is 62.4 cm³/mol. The largest absolute Gasteiger partial charge is 0.468 e. The van der Waals surface area contributed by atoms with E-state index in [1.54, 1.807) is 6.26 Å². The zero-order chi connectivity index (χ0) is 11.3. The SMILES string of the molecule is C=C(C)CN(CC)Cc1cc(CN)co1. The van der Waals surface area contributed by atoms with Gasteiger partial charge < -0.3 is 10.2 Å². The zero-order valence-corrected chi connectivity index (χ0v) is 9.62. The molecule has 0 unspecified atom stereocenters. The summed E-state index contributed by atoms with van der Waals surface area (Å²) in [5, 5.41) is 0. The molecule has 3 nitrogen and oxygen atoms in total. The first-order valence-electron chi connectivity index (χ1n) is 5.28. The van der Waals surface area contributed by atoms with Crippen LogP contribution < -0.4 is 5.73 Å². The zero-order valence-electron chi connectivity index (χ0n) is 9.62. The average molecular weight is 208 g/mol. The van der Waals surface area contributed by atoms with E-state index in [0.29, 0.717) is 6.54 Å². The standard InChI is InChI=1S/C12H20N2O/c1-4-14(7-10(2)3)8-12-5-11(6-13)9-15-12/h5,9H,2,4,6-8,13H2,1,3H3. The van der Waals surface area contributed by atoms with E-state index in [4.69, 9.17) is 10.2 Å². The summed E-state index contributed by atoms with van der Waals surface area (Å²) < 4.78 is 5.42. The van der Waals surface area contributed by atoms with Gasteiger partial charge in [-0.05, 0) is 19.5 Å². The molecule has 0 atom stereocenters. The second kappa shape index (κ2) is 5.73. The Morgan fingerprint density at radius 2 is 2.33 bits per heavy atom. The van der Waals surface area contributed by atoms with Crippen LogP contribution in [0.1, 0.15) is 25.2 Å². The summed E-state index contributed by atoms with van der Waals surface area (Å²) >= 11 is 0. The highest BCUT2D eigenvalue weighted by Gasteiger charge is 2.07. The molecule has 0 radical (unpaired) electrons. The Kier molecular flexibility index (Phi) is 4.59. The molecule has 0 amide bonds. The van der Waals surface area contributed by atoms with E-state index in [-0.39, 0.29) is 0 Å². The lowest BCUT2D eigenvalue weighted by molar-refractivity contribution is 0.276. The summed E-state index contributed by atoms with van der Waals surface area (Å²) in [4.78, 5) is 2.28. The molecule has 0 saturated heterocycles. The summed E-state index contributed by atoms with van der Waals surface area (Å²) in [6.07, 6.45) is 1.73. The maximum absolute atomic E-state index is 5.52. The van der Waals surface area contributed by atoms with Crippen LogP contribution in [0.25, 0.3) is 0 Å². The molecule has 1 aromatic heterocycles. The van der Waals surface area contributed by atoms with Crippen molar-refractivity contribution in [3.63, 3.8) is 0 Å². The molecular formula is C12H20N2O. The summed E-state index contributed by atoms with van der Waals surface area (Å²) in [6, 6.07) is 2.01. The third-order valence-corrected chi connectivity index (χ3v) is 2.26. The van der Waals surface area contributed by atoms with E-state index < -0.39 is 0 Å². The summed E-state index contributed by atoms with van der Waals surface area (Å²) in [6.45, 7) is 11.4. The molecule has 0 aliphatic carbocycles. The number of furan rings is 1. The molecule has 2 N–H and O–H groups in total. The van der Waals surface area contributed by atoms with Crippen LogP contribution in [0.4, 0.5) is 0 Å². The highest BCUT2D eigenvalue weighted by atomic mass is 16.3. The van der Waals surface area contributed by atoms with Crippen LogP contribution >= 0.6 is 0 Å². The van der Waals surface area contributed by atoms with Gasteiger partial charge in [-0.25, -0.2) is 0 Å². The molecule has 0 spiro atoms. The van der Waals surface area contributed by atoms with Crippen LogP contribution in [0, 0.1) is 0 Å². The molecule has 0 aliphatic heterocycles. The molecular weight excluding hydrogens is 188 g/mol. The second-order valence-corrected chi connectivity index (χ2v) is 3.89. The Labute approximate surface area is 91.6 Å². The number of nitrogens with zero attached hydrogens (tertiary/aromatic N) is 1. The summed E-state index contributed by atoms with van der Waals surface area (Å²) in [5.74, 6) is 0.971. The fourth-order valence-corrected chi connectivity index (χ4v) is 1.50. The van der Waals surface area contributed by atoms with Crippen LogP contribution in [-0.4, -0.2) is 18.0 Å². The molecule has 84 valence electrons. The van der Waals surface area contributed by atoms with Crippen molar-refractivity contribution < 1.29 is 4.42 Å². The maximum atomic E-state index is 5.52. The van der Waals surface area contributed by atoms with Crippen molar-refractivity contribution in [2.45, 2.75) is 26.9 Å². The van der Waals surface area contributed by atoms with Gasteiger partial charge in [-0.15, -0.1) is 0 Å². The highest BCUT2D eigenvalue weighted by Crippen LogP contribution is 2.10. The van der Waals surface area contributed by atoms with Crippen LogP contribution in [0.2, 0.25) is 0 Å². The first-order chi connectivity index (χ1) is 7.15. The first-order valence-corrected chi connectivity index (χ1v) is 5.28. The van der Waals surface area contributed by atoms with Crippen molar-refractivity contribution in [2.75, 3.05) is 13.1 Å². The second-order valence-electron chi connectivity index (χ2n) is 3.89. The predicted octanol–water partition coefficient (Wildman–Crippen LogP) is 2.14. The van der Waals surface area contributed by atoms with Gasteiger partial charge in [-0.3, -0.25) is 4.90 Å². The van der Waals surface area contributed by atoms with E-state index in [1.807, 2.05) is 13.0 Å². The Bertz CT molecular complexity index is 317. The van der Waals surface area contributed by atoms with Crippen LogP contribution in [0.15, 0.2) is 28.9 Å². The lowest BCUT2D eigenvalue weighted by atomic mass is 10.2. The van der Waals surface area contributed by atoms with Gasteiger partial charge in [0.05, 0.1) is 12.8 Å². The Balaban J connectivity index is 2.54. The van der Waals surface area contributed by atoms with Gasteiger partial charge in [0, 0.05) is 18.7 Å². The topological polar surface area (TPSA) is 42.4 Å². The molecule has 3 heteroatoms. The third kappa shape index (κ3) is 3.90. The van der Waals surface area contributed by atoms with Crippen molar-refractivity contribution in [1.82, 2.24) is 4.90 Å². The van der Waals surface area contributed by atoms with Gasteiger partial charge >= 0.3 is 0 Å². The van der Waals surface area contributed by atoms with Gasteiger partial charge in [0.2, 0.25) is 0 Å². The van der Waals surface area contributed by atoms with Crippen molar-refractivity contribution >= 4 is 0 Å². The third-order valence-electron chi connectivity index (χ3n) is 2.26. The van der Waals surface area contributed by atoms with Gasteiger partial charge in [-0.1, -0.05) is 19.1 Å². The monoisotopic (exact) mass is 208 g/mol. The quantitative estimate of drug-likeness (QED) is 0.728. The van der Waals surface area contributed by atoms with E-state index in [1.165, 1.54) is 5.57 Å². The molecule has 1 rings (SSSR count).